The van der Waals surface area contributed by atoms with Crippen molar-refractivity contribution in [3.05, 3.63) is 77.1 Å². The fraction of sp³-hybridized carbons (Fsp3) is 0.370. The monoisotopic (exact) mass is 443 g/mol. The van der Waals surface area contributed by atoms with Gasteiger partial charge in [-0.05, 0) is 68.3 Å². The molecule has 6 heteroatoms. The molecule has 1 fully saturated rings. The Morgan fingerprint density at radius 1 is 1.00 bits per heavy atom. The number of aromatic nitrogens is 2. The Kier molecular flexibility index (Phi) is 7.47. The second-order valence-corrected chi connectivity index (χ2v) is 8.80. The van der Waals surface area contributed by atoms with Gasteiger partial charge in [-0.1, -0.05) is 54.6 Å². The van der Waals surface area contributed by atoms with Gasteiger partial charge in [0.15, 0.2) is 0 Å². The lowest BCUT2D eigenvalue weighted by Gasteiger charge is -2.27. The molecular formula is C27H33N5O. The van der Waals surface area contributed by atoms with Crippen molar-refractivity contribution in [3.8, 4) is 11.1 Å². The van der Waals surface area contributed by atoms with E-state index in [0.29, 0.717) is 24.7 Å². The molecule has 1 aromatic heterocycles. The summed E-state index contributed by atoms with van der Waals surface area (Å²) in [6, 6.07) is 18.9. The smallest absolute Gasteiger partial charge is 0.220 e. The fourth-order valence-electron chi connectivity index (χ4n) is 4.95. The summed E-state index contributed by atoms with van der Waals surface area (Å²) in [7, 11) is 0. The predicted octanol–water partition coefficient (Wildman–Crippen LogP) is 4.21. The number of hydrogen-bond donors (Lipinski definition) is 3. The molecule has 0 bridgehead atoms. The third-order valence-corrected chi connectivity index (χ3v) is 6.47. The van der Waals surface area contributed by atoms with Crippen LogP contribution in [0.25, 0.3) is 11.1 Å². The molecule has 4 N–H and O–H groups in total. The number of aliphatic hydroxyl groups excluding tert-OH is 1. The molecular weight excluding hydrogens is 410 g/mol. The first-order valence-electron chi connectivity index (χ1n) is 11.7. The molecule has 1 saturated heterocycles. The average Bonchev–Trinajstić information content (AvgIpc) is 3.33. The zero-order valence-corrected chi connectivity index (χ0v) is 19.3. The summed E-state index contributed by atoms with van der Waals surface area (Å²) in [5.74, 6) is 0.520. The standard InChI is InChI=1S/C21H20N4.C6H13NO/c1-13-20-18(22)11-15(12-19(20)25-21(23)24-13)17-10-6-5-9-16(17)14-7-3-2-4-8-14;8-6-5-7-3-1-2-4-7/h2-10,15,22H,11-12H2,1H3,(H2,23,24,25);8H,1-6H2. The average molecular weight is 444 g/mol. The van der Waals surface area contributed by atoms with Crippen LogP contribution in [0, 0.1) is 12.3 Å². The second kappa shape index (κ2) is 10.7. The van der Waals surface area contributed by atoms with Gasteiger partial charge < -0.3 is 21.1 Å². The molecule has 5 rings (SSSR count). The van der Waals surface area contributed by atoms with Crippen molar-refractivity contribution in [3.63, 3.8) is 0 Å². The Labute approximate surface area is 196 Å². The highest BCUT2D eigenvalue weighted by Gasteiger charge is 2.28. The molecule has 1 aliphatic heterocycles. The van der Waals surface area contributed by atoms with Gasteiger partial charge in [0.2, 0.25) is 5.95 Å². The van der Waals surface area contributed by atoms with Crippen molar-refractivity contribution in [1.29, 1.82) is 5.41 Å². The number of hydrogen-bond acceptors (Lipinski definition) is 6. The van der Waals surface area contributed by atoms with E-state index in [2.05, 4.69) is 63.4 Å². The lowest BCUT2D eigenvalue weighted by molar-refractivity contribution is 0.221. The summed E-state index contributed by atoms with van der Waals surface area (Å²) in [4.78, 5) is 10.9. The van der Waals surface area contributed by atoms with Crippen LogP contribution in [-0.2, 0) is 6.42 Å². The van der Waals surface area contributed by atoms with Gasteiger partial charge in [-0.3, -0.25) is 0 Å². The third kappa shape index (κ3) is 5.46. The SMILES string of the molecule is Cc1nc(N)nc2c1C(=N)CC(c1ccccc1-c1ccccc1)C2.OCCN1CCCC1. The fourth-order valence-corrected chi connectivity index (χ4v) is 4.95. The van der Waals surface area contributed by atoms with E-state index in [1.165, 1.54) is 42.6 Å². The van der Waals surface area contributed by atoms with Gasteiger partial charge in [0.05, 0.1) is 18.0 Å². The highest BCUT2D eigenvalue weighted by atomic mass is 16.3. The number of nitrogens with zero attached hydrogens (tertiary/aromatic N) is 3. The van der Waals surface area contributed by atoms with Crippen molar-refractivity contribution in [2.75, 3.05) is 32.0 Å². The molecule has 172 valence electrons. The van der Waals surface area contributed by atoms with E-state index in [1.807, 2.05) is 13.0 Å². The molecule has 6 nitrogen and oxygen atoms in total. The van der Waals surface area contributed by atoms with E-state index < -0.39 is 0 Å². The zero-order valence-electron chi connectivity index (χ0n) is 19.3. The Morgan fingerprint density at radius 3 is 2.42 bits per heavy atom. The summed E-state index contributed by atoms with van der Waals surface area (Å²) in [6.07, 6.45) is 4.13. The van der Waals surface area contributed by atoms with Crippen molar-refractivity contribution >= 4 is 11.7 Å². The maximum absolute atomic E-state index is 8.52. The summed E-state index contributed by atoms with van der Waals surface area (Å²) in [5, 5.41) is 17.0. The van der Waals surface area contributed by atoms with Crippen LogP contribution in [0.5, 0.6) is 0 Å². The molecule has 3 aromatic rings. The summed E-state index contributed by atoms with van der Waals surface area (Å²) in [6.45, 7) is 5.49. The Bertz CT molecular complexity index is 1090. The highest BCUT2D eigenvalue weighted by Crippen LogP contribution is 2.37. The van der Waals surface area contributed by atoms with E-state index in [-0.39, 0.29) is 5.92 Å². The molecule has 0 amide bonds. The van der Waals surface area contributed by atoms with Crippen molar-refractivity contribution in [2.45, 2.75) is 38.5 Å². The third-order valence-electron chi connectivity index (χ3n) is 6.47. The number of likely N-dealkylation sites (tertiary alicyclic amines) is 1. The number of aryl methyl sites for hydroxylation is 1. The molecule has 33 heavy (non-hydrogen) atoms. The Hall–Kier alpha value is -3.09. The van der Waals surface area contributed by atoms with Crippen LogP contribution in [0.4, 0.5) is 5.95 Å². The number of rotatable bonds is 4. The number of nitrogen functional groups attached to an aromatic ring is 1. The summed E-state index contributed by atoms with van der Waals surface area (Å²) >= 11 is 0. The quantitative estimate of drug-likeness (QED) is 0.561. The van der Waals surface area contributed by atoms with Crippen molar-refractivity contribution in [1.82, 2.24) is 14.9 Å². The second-order valence-electron chi connectivity index (χ2n) is 8.80. The number of aliphatic hydroxyl groups is 1. The van der Waals surface area contributed by atoms with Gasteiger partial charge in [0.1, 0.15) is 0 Å². The molecule has 0 saturated carbocycles. The topological polar surface area (TPSA) is 99.1 Å². The van der Waals surface area contributed by atoms with Crippen LogP contribution < -0.4 is 5.73 Å². The number of fused-ring (bicyclic) bond motifs is 1. The minimum absolute atomic E-state index is 0.227. The molecule has 0 radical (unpaired) electrons. The number of β-amino-alcohol motifs (C(OH)–C–C–N with tert-alkyl or cyclic N) is 1. The molecule has 0 spiro atoms. The van der Waals surface area contributed by atoms with E-state index in [1.54, 1.807) is 0 Å². The van der Waals surface area contributed by atoms with Gasteiger partial charge in [-0.25, -0.2) is 9.97 Å². The molecule has 1 unspecified atom stereocenters. The lowest BCUT2D eigenvalue weighted by atomic mass is 9.78. The Balaban J connectivity index is 0.000000275. The van der Waals surface area contributed by atoms with E-state index in [9.17, 15) is 0 Å². The Morgan fingerprint density at radius 2 is 1.70 bits per heavy atom. The molecule has 2 heterocycles. The van der Waals surface area contributed by atoms with Crippen molar-refractivity contribution in [2.24, 2.45) is 0 Å². The number of anilines is 1. The molecule has 1 atom stereocenters. The molecule has 2 aromatic carbocycles. The maximum atomic E-state index is 8.52. The van der Waals surface area contributed by atoms with Gasteiger partial charge in [0.25, 0.3) is 0 Å². The van der Waals surface area contributed by atoms with Gasteiger partial charge in [0, 0.05) is 17.8 Å². The van der Waals surface area contributed by atoms with Crippen LogP contribution >= 0.6 is 0 Å². The van der Waals surface area contributed by atoms with Crippen LogP contribution in [0.2, 0.25) is 0 Å². The summed E-state index contributed by atoms with van der Waals surface area (Å²) in [5.41, 5.74) is 12.7. The van der Waals surface area contributed by atoms with Gasteiger partial charge in [-0.2, -0.15) is 0 Å². The maximum Gasteiger partial charge on any atom is 0.220 e. The van der Waals surface area contributed by atoms with Gasteiger partial charge >= 0.3 is 0 Å². The summed E-state index contributed by atoms with van der Waals surface area (Å²) < 4.78 is 0. The number of nitrogens with two attached hydrogens (primary N) is 1. The van der Waals surface area contributed by atoms with Crippen molar-refractivity contribution < 1.29 is 5.11 Å². The number of nitrogens with one attached hydrogen (secondary N) is 1. The first kappa shape index (κ1) is 23.1. The first-order valence-corrected chi connectivity index (χ1v) is 11.7. The zero-order chi connectivity index (χ0) is 23.2. The van der Waals surface area contributed by atoms with E-state index >= 15 is 0 Å². The lowest BCUT2D eigenvalue weighted by Crippen LogP contribution is -2.23. The van der Waals surface area contributed by atoms with Crippen LogP contribution in [-0.4, -0.2) is 51.9 Å². The molecule has 1 aliphatic carbocycles. The van der Waals surface area contributed by atoms with Crippen LogP contribution in [0.15, 0.2) is 54.6 Å². The normalized spacial score (nSPS) is 17.9. The highest BCUT2D eigenvalue weighted by molar-refractivity contribution is 6.01. The number of benzene rings is 2. The molecule has 2 aliphatic rings. The van der Waals surface area contributed by atoms with Crippen LogP contribution in [0.3, 0.4) is 0 Å². The largest absolute Gasteiger partial charge is 0.395 e. The van der Waals surface area contributed by atoms with Gasteiger partial charge in [-0.15, -0.1) is 0 Å². The minimum Gasteiger partial charge on any atom is -0.395 e. The first-order chi connectivity index (χ1) is 16.1. The predicted molar refractivity (Wildman–Crippen MR) is 134 cm³/mol. The van der Waals surface area contributed by atoms with E-state index in [4.69, 9.17) is 16.2 Å². The van der Waals surface area contributed by atoms with Crippen LogP contribution in [0.1, 0.15) is 47.7 Å². The minimum atomic E-state index is 0.227. The van der Waals surface area contributed by atoms with E-state index in [0.717, 1.165) is 29.9 Å².